The summed E-state index contributed by atoms with van der Waals surface area (Å²) in [5.41, 5.74) is 1.57. The van der Waals surface area contributed by atoms with Gasteiger partial charge in [0.05, 0.1) is 0 Å². The molecule has 0 fully saturated rings. The first-order valence-electron chi connectivity index (χ1n) is 4.63. The van der Waals surface area contributed by atoms with Crippen LogP contribution < -0.4 is 5.56 Å². The minimum absolute atomic E-state index is 0. The van der Waals surface area contributed by atoms with Gasteiger partial charge in [-0.3, -0.25) is 4.79 Å². The van der Waals surface area contributed by atoms with Gasteiger partial charge in [-0.2, -0.15) is 12.1 Å². The Hall–Kier alpha value is 0.0439. The topological polar surface area (TPSA) is 22.0 Å². The van der Waals surface area contributed by atoms with E-state index in [1.807, 2.05) is 6.07 Å². The van der Waals surface area contributed by atoms with Gasteiger partial charge in [0, 0.05) is 44.8 Å². The van der Waals surface area contributed by atoms with E-state index in [4.69, 9.17) is 11.6 Å². The van der Waals surface area contributed by atoms with Crippen LogP contribution in [0.2, 0.25) is 5.02 Å². The molecule has 0 amide bonds. The molecule has 0 saturated carbocycles. The average molecular weight is 386 g/mol. The largest absolute Gasteiger partial charge is 0.345 e. The number of nitrogens with zero attached hydrogens (tertiary/aromatic N) is 1. The smallest absolute Gasteiger partial charge is 0.194 e. The van der Waals surface area contributed by atoms with E-state index < -0.39 is 0 Å². The predicted molar refractivity (Wildman–Crippen MR) is 68.7 cm³/mol. The van der Waals surface area contributed by atoms with Gasteiger partial charge < -0.3 is 4.57 Å². The summed E-state index contributed by atoms with van der Waals surface area (Å²) in [6.45, 7) is 0. The van der Waals surface area contributed by atoms with Crippen LogP contribution in [0.15, 0.2) is 39.6 Å². The Balaban J connectivity index is 0.00000144. The Bertz CT molecular complexity index is 597. The summed E-state index contributed by atoms with van der Waals surface area (Å²) in [7, 11) is 1.72. The van der Waals surface area contributed by atoms with Crippen LogP contribution in [0.5, 0.6) is 0 Å². The van der Waals surface area contributed by atoms with Crippen molar-refractivity contribution in [2.24, 2.45) is 7.05 Å². The van der Waals surface area contributed by atoms with Crippen molar-refractivity contribution < 1.29 is 32.7 Å². The third kappa shape index (κ3) is 3.28. The quantitative estimate of drug-likeness (QED) is 0.690. The molecule has 0 spiro atoms. The fraction of sp³-hybridized carbons (Fsp3) is 0.0833. The first-order valence-corrected chi connectivity index (χ1v) is 5.80. The van der Waals surface area contributed by atoms with Gasteiger partial charge in [0.1, 0.15) is 0 Å². The zero-order valence-corrected chi connectivity index (χ0v) is 14.3. The fourth-order valence-electron chi connectivity index (χ4n) is 1.45. The Kier molecular flexibility index (Phi) is 5.58. The maximum absolute atomic E-state index is 11.5. The molecule has 1 aromatic carbocycles. The summed E-state index contributed by atoms with van der Waals surface area (Å²) in [6.07, 6.45) is 0. The van der Waals surface area contributed by atoms with Crippen LogP contribution in [0.1, 0.15) is 0 Å². The van der Waals surface area contributed by atoms with E-state index in [0.29, 0.717) is 5.02 Å². The molecule has 0 N–H and O–H groups in total. The van der Waals surface area contributed by atoms with Crippen molar-refractivity contribution in [3.05, 3.63) is 56.2 Å². The molecule has 0 unspecified atom stereocenters. The summed E-state index contributed by atoms with van der Waals surface area (Å²) in [4.78, 5) is 11.5. The number of pyridine rings is 1. The second-order valence-electron chi connectivity index (χ2n) is 3.35. The molecule has 2 nitrogen and oxygen atoms in total. The molecule has 1 aromatic heterocycles. The Labute approximate surface area is 138 Å². The molecule has 2 aromatic rings. The molecule has 0 aliphatic carbocycles. The van der Waals surface area contributed by atoms with Crippen LogP contribution in [0.4, 0.5) is 0 Å². The third-order valence-corrected chi connectivity index (χ3v) is 3.19. The van der Waals surface area contributed by atoms with Crippen LogP contribution in [0.25, 0.3) is 11.3 Å². The van der Waals surface area contributed by atoms with E-state index in [1.165, 1.54) is 6.07 Å². The minimum atomic E-state index is -0.0596. The predicted octanol–water partition coefficient (Wildman–Crippen LogP) is 3.27. The number of hydrogen-bond donors (Lipinski definition) is 0. The molecule has 5 heteroatoms. The Morgan fingerprint density at radius 2 is 2.06 bits per heavy atom. The zero-order valence-electron chi connectivity index (χ0n) is 9.08. The van der Waals surface area contributed by atoms with E-state index >= 15 is 0 Å². The molecule has 0 atom stereocenters. The monoisotopic (exact) mass is 385 g/mol. The summed E-state index contributed by atoms with van der Waals surface area (Å²) < 4.78 is 2.39. The first kappa shape index (κ1) is 15.1. The Morgan fingerprint density at radius 3 is 2.71 bits per heavy atom. The van der Waals surface area contributed by atoms with E-state index in [0.717, 1.165) is 15.7 Å². The minimum Gasteiger partial charge on any atom is -0.345 e. The maximum Gasteiger partial charge on any atom is 0.194 e. The summed E-state index contributed by atoms with van der Waals surface area (Å²) in [6, 6.07) is 11.6. The molecule has 0 saturated heterocycles. The average Bonchev–Trinajstić information content (AvgIpc) is 2.23. The van der Waals surface area contributed by atoms with Crippen LogP contribution in [0.3, 0.4) is 0 Å². The zero-order chi connectivity index (χ0) is 11.7. The molecule has 0 aliphatic heterocycles. The molecular formula is C12H8BrClNOY-. The molecule has 0 aliphatic rings. The standard InChI is InChI=1S/C12H8BrClNO.Y/c1-15-11(3-2-4-12(15)16)9-6-5-8(14)7-10(9)13;/h2,4-7H,1H3;/q-1;. The van der Waals surface area contributed by atoms with Crippen molar-refractivity contribution in [3.63, 3.8) is 0 Å². The second-order valence-corrected chi connectivity index (χ2v) is 4.64. The van der Waals surface area contributed by atoms with Gasteiger partial charge in [0.2, 0.25) is 0 Å². The van der Waals surface area contributed by atoms with Gasteiger partial charge >= 0.3 is 0 Å². The van der Waals surface area contributed by atoms with Gasteiger partial charge in [0.15, 0.2) is 5.56 Å². The molecule has 1 radical (unpaired) electrons. The van der Waals surface area contributed by atoms with Crippen molar-refractivity contribution in [1.29, 1.82) is 0 Å². The number of halogens is 2. The van der Waals surface area contributed by atoms with E-state index in [1.54, 1.807) is 29.8 Å². The number of aromatic nitrogens is 1. The number of hydrogen-bond acceptors (Lipinski definition) is 1. The van der Waals surface area contributed by atoms with E-state index in [-0.39, 0.29) is 38.3 Å². The van der Waals surface area contributed by atoms with Gasteiger partial charge in [-0.25, -0.2) is 0 Å². The molecule has 0 bridgehead atoms. The van der Waals surface area contributed by atoms with Crippen molar-refractivity contribution >= 4 is 27.5 Å². The number of rotatable bonds is 1. The van der Waals surface area contributed by atoms with E-state index in [9.17, 15) is 4.79 Å². The fourth-order valence-corrected chi connectivity index (χ4v) is 2.32. The van der Waals surface area contributed by atoms with Gasteiger partial charge in [-0.1, -0.05) is 50.9 Å². The van der Waals surface area contributed by atoms with Crippen molar-refractivity contribution in [2.75, 3.05) is 0 Å². The normalized spacial score (nSPS) is 9.82. The Morgan fingerprint density at radius 1 is 1.35 bits per heavy atom. The number of benzene rings is 1. The SMILES string of the molecule is Cn1c(-c2ccc(Cl)cc2Br)[c-]ccc1=O.[Y]. The molecule has 1 heterocycles. The van der Waals surface area contributed by atoms with Gasteiger partial charge in [0.25, 0.3) is 0 Å². The molecular weight excluding hydrogens is 378 g/mol. The van der Waals surface area contributed by atoms with Crippen molar-refractivity contribution in [2.45, 2.75) is 0 Å². The van der Waals surface area contributed by atoms with Gasteiger partial charge in [-0.05, 0) is 10.5 Å². The van der Waals surface area contributed by atoms with Crippen LogP contribution in [-0.4, -0.2) is 4.57 Å². The summed E-state index contributed by atoms with van der Waals surface area (Å²) in [5.74, 6) is 0. The van der Waals surface area contributed by atoms with Gasteiger partial charge in [-0.15, -0.1) is 6.07 Å². The second kappa shape index (κ2) is 6.28. The molecule has 17 heavy (non-hydrogen) atoms. The van der Waals surface area contributed by atoms with Crippen molar-refractivity contribution in [1.82, 2.24) is 4.57 Å². The van der Waals surface area contributed by atoms with Crippen LogP contribution >= 0.6 is 27.5 Å². The maximum atomic E-state index is 11.5. The summed E-state index contributed by atoms with van der Waals surface area (Å²) in [5, 5.41) is 0.650. The van der Waals surface area contributed by atoms with E-state index in [2.05, 4.69) is 22.0 Å². The van der Waals surface area contributed by atoms with Crippen LogP contribution in [0, 0.1) is 6.07 Å². The first-order chi connectivity index (χ1) is 7.59. The van der Waals surface area contributed by atoms with Crippen LogP contribution in [-0.2, 0) is 39.8 Å². The molecule has 2 rings (SSSR count). The third-order valence-electron chi connectivity index (χ3n) is 2.30. The van der Waals surface area contributed by atoms with Crippen molar-refractivity contribution in [3.8, 4) is 11.3 Å². The summed E-state index contributed by atoms with van der Waals surface area (Å²) >= 11 is 9.29. The molecule has 85 valence electrons.